The van der Waals surface area contributed by atoms with Crippen LogP contribution in [0, 0.1) is 23.2 Å². The lowest BCUT2D eigenvalue weighted by atomic mass is 9.97. The van der Waals surface area contributed by atoms with Crippen molar-refractivity contribution >= 4 is 11.8 Å². The smallest absolute Gasteiger partial charge is 0.240 e. The Morgan fingerprint density at radius 2 is 1.93 bits per heavy atom. The van der Waals surface area contributed by atoms with E-state index in [1.807, 2.05) is 6.07 Å². The van der Waals surface area contributed by atoms with Gasteiger partial charge in [-0.25, -0.2) is 0 Å². The molecule has 0 bridgehead atoms. The lowest BCUT2D eigenvalue weighted by Crippen LogP contribution is -2.49. The number of primary amides is 1. The van der Waals surface area contributed by atoms with Gasteiger partial charge in [-0.3, -0.25) is 9.59 Å². The first-order valence-electron chi connectivity index (χ1n) is 4.86. The molecule has 5 nitrogen and oxygen atoms in total. The number of carbonyl (C=O) groups is 2. The fourth-order valence-corrected chi connectivity index (χ4v) is 1.08. The number of carbonyl (C=O) groups excluding carboxylic acids is 2. The van der Waals surface area contributed by atoms with Crippen LogP contribution in [0.25, 0.3) is 0 Å². The number of nitriles is 1. The van der Waals surface area contributed by atoms with E-state index in [9.17, 15) is 9.59 Å². The number of nitrogens with zero attached hydrogens (tertiary/aromatic N) is 1. The molecular formula is C10H17N3O2. The molecule has 15 heavy (non-hydrogen) atoms. The van der Waals surface area contributed by atoms with Gasteiger partial charge in [-0.05, 0) is 5.92 Å². The van der Waals surface area contributed by atoms with Gasteiger partial charge in [-0.1, -0.05) is 20.8 Å². The highest BCUT2D eigenvalue weighted by Gasteiger charge is 2.25. The zero-order valence-corrected chi connectivity index (χ0v) is 9.28. The van der Waals surface area contributed by atoms with Crippen molar-refractivity contribution in [3.63, 3.8) is 0 Å². The summed E-state index contributed by atoms with van der Waals surface area (Å²) in [7, 11) is 0. The molecule has 0 aromatic carbocycles. The van der Waals surface area contributed by atoms with Gasteiger partial charge in [0.2, 0.25) is 11.8 Å². The third kappa shape index (κ3) is 4.45. The number of rotatable bonds is 5. The Morgan fingerprint density at radius 1 is 1.40 bits per heavy atom. The van der Waals surface area contributed by atoms with Crippen LogP contribution in [0.2, 0.25) is 0 Å². The number of amides is 2. The van der Waals surface area contributed by atoms with Crippen LogP contribution < -0.4 is 11.1 Å². The van der Waals surface area contributed by atoms with E-state index in [1.54, 1.807) is 20.8 Å². The highest BCUT2D eigenvalue weighted by Crippen LogP contribution is 2.08. The predicted molar refractivity (Wildman–Crippen MR) is 55.4 cm³/mol. The van der Waals surface area contributed by atoms with Crippen molar-refractivity contribution in [2.75, 3.05) is 0 Å². The molecule has 3 N–H and O–H groups in total. The van der Waals surface area contributed by atoms with Crippen LogP contribution in [-0.4, -0.2) is 17.9 Å². The van der Waals surface area contributed by atoms with Gasteiger partial charge >= 0.3 is 0 Å². The van der Waals surface area contributed by atoms with E-state index in [-0.39, 0.29) is 24.2 Å². The largest absolute Gasteiger partial charge is 0.368 e. The lowest BCUT2D eigenvalue weighted by Gasteiger charge is -2.21. The van der Waals surface area contributed by atoms with Crippen molar-refractivity contribution < 1.29 is 9.59 Å². The molecule has 0 saturated heterocycles. The minimum Gasteiger partial charge on any atom is -0.368 e. The Bertz CT molecular complexity index is 281. The van der Waals surface area contributed by atoms with Crippen LogP contribution in [0.3, 0.4) is 0 Å². The third-order valence-corrected chi connectivity index (χ3v) is 2.11. The van der Waals surface area contributed by atoms with E-state index in [4.69, 9.17) is 11.0 Å². The highest BCUT2D eigenvalue weighted by atomic mass is 16.2. The predicted octanol–water partition coefficient (Wildman–Crippen LogP) is 0.162. The molecule has 0 spiro atoms. The highest BCUT2D eigenvalue weighted by molar-refractivity contribution is 5.87. The summed E-state index contributed by atoms with van der Waals surface area (Å²) in [5.41, 5.74) is 5.15. The van der Waals surface area contributed by atoms with Crippen molar-refractivity contribution in [2.24, 2.45) is 17.6 Å². The molecule has 0 rings (SSSR count). The Balaban J connectivity index is 4.49. The minimum atomic E-state index is -0.764. The standard InChI is InChI=1S/C10H17N3O2/c1-6(2)10(15)13-8(9(12)14)7(3)4-5-11/h6-8H,4H2,1-3H3,(H2,12,14)(H,13,15)/t7-,8+/m1/s1. The van der Waals surface area contributed by atoms with Crippen molar-refractivity contribution in [3.05, 3.63) is 0 Å². The summed E-state index contributed by atoms with van der Waals surface area (Å²) in [5, 5.41) is 11.0. The summed E-state index contributed by atoms with van der Waals surface area (Å²) in [5.74, 6) is -1.31. The van der Waals surface area contributed by atoms with Gasteiger partial charge in [0.1, 0.15) is 6.04 Å². The molecule has 0 fully saturated rings. The van der Waals surface area contributed by atoms with E-state index >= 15 is 0 Å². The van der Waals surface area contributed by atoms with E-state index in [0.717, 1.165) is 0 Å². The van der Waals surface area contributed by atoms with Crippen LogP contribution in [0.5, 0.6) is 0 Å². The average Bonchev–Trinajstić information content (AvgIpc) is 2.13. The zero-order chi connectivity index (χ0) is 12.0. The fourth-order valence-electron chi connectivity index (χ4n) is 1.08. The van der Waals surface area contributed by atoms with Gasteiger partial charge in [0.25, 0.3) is 0 Å². The van der Waals surface area contributed by atoms with Gasteiger partial charge in [0, 0.05) is 12.3 Å². The van der Waals surface area contributed by atoms with Gasteiger partial charge in [-0.15, -0.1) is 0 Å². The maximum atomic E-state index is 11.4. The fraction of sp³-hybridized carbons (Fsp3) is 0.700. The summed E-state index contributed by atoms with van der Waals surface area (Å²) < 4.78 is 0. The molecular weight excluding hydrogens is 194 g/mol. The quantitative estimate of drug-likeness (QED) is 0.678. The second-order valence-electron chi connectivity index (χ2n) is 3.88. The first kappa shape index (κ1) is 13.4. The van der Waals surface area contributed by atoms with Crippen LogP contribution in [0.4, 0.5) is 0 Å². The number of hydrogen-bond donors (Lipinski definition) is 2. The van der Waals surface area contributed by atoms with Gasteiger partial charge in [0.05, 0.1) is 6.07 Å². The Kier molecular flexibility index (Phi) is 5.39. The molecule has 0 aromatic rings. The zero-order valence-electron chi connectivity index (χ0n) is 9.28. The molecule has 0 aliphatic rings. The molecule has 0 heterocycles. The summed E-state index contributed by atoms with van der Waals surface area (Å²) in [6.45, 7) is 5.16. The van der Waals surface area contributed by atoms with Crippen molar-refractivity contribution in [3.8, 4) is 6.07 Å². The molecule has 2 amide bonds. The number of nitrogens with two attached hydrogens (primary N) is 1. The first-order chi connectivity index (χ1) is 6.90. The lowest BCUT2D eigenvalue weighted by molar-refractivity contribution is -0.130. The average molecular weight is 211 g/mol. The van der Waals surface area contributed by atoms with Crippen LogP contribution >= 0.6 is 0 Å². The van der Waals surface area contributed by atoms with Crippen LogP contribution in [0.1, 0.15) is 27.2 Å². The number of nitrogens with one attached hydrogen (secondary N) is 1. The van der Waals surface area contributed by atoms with Crippen molar-refractivity contribution in [1.29, 1.82) is 5.26 Å². The minimum absolute atomic E-state index is 0.186. The van der Waals surface area contributed by atoms with Crippen molar-refractivity contribution in [2.45, 2.75) is 33.2 Å². The molecule has 5 heteroatoms. The Morgan fingerprint density at radius 3 is 2.27 bits per heavy atom. The monoisotopic (exact) mass is 211 g/mol. The molecule has 84 valence electrons. The Labute approximate surface area is 89.6 Å². The molecule has 0 aromatic heterocycles. The third-order valence-electron chi connectivity index (χ3n) is 2.11. The van der Waals surface area contributed by atoms with Gasteiger partial charge in [0.15, 0.2) is 0 Å². The Hall–Kier alpha value is -1.57. The van der Waals surface area contributed by atoms with Gasteiger partial charge in [-0.2, -0.15) is 5.26 Å². The molecule has 0 unspecified atom stereocenters. The molecule has 0 aliphatic heterocycles. The summed E-state index contributed by atoms with van der Waals surface area (Å²) in [4.78, 5) is 22.4. The number of hydrogen-bond acceptors (Lipinski definition) is 3. The SMILES string of the molecule is CC(C)C(=O)N[C@H](C(N)=O)[C@H](C)CC#N. The van der Waals surface area contributed by atoms with E-state index in [1.165, 1.54) is 0 Å². The maximum Gasteiger partial charge on any atom is 0.240 e. The summed E-state index contributed by atoms with van der Waals surface area (Å²) >= 11 is 0. The first-order valence-corrected chi connectivity index (χ1v) is 4.86. The molecule has 2 atom stereocenters. The van der Waals surface area contributed by atoms with E-state index in [2.05, 4.69) is 5.32 Å². The summed E-state index contributed by atoms with van der Waals surface area (Å²) in [6.07, 6.45) is 0.186. The summed E-state index contributed by atoms with van der Waals surface area (Å²) in [6, 6.07) is 1.18. The topological polar surface area (TPSA) is 96.0 Å². The van der Waals surface area contributed by atoms with Crippen LogP contribution in [0.15, 0.2) is 0 Å². The van der Waals surface area contributed by atoms with Gasteiger partial charge < -0.3 is 11.1 Å². The molecule has 0 radical (unpaired) electrons. The second-order valence-corrected chi connectivity index (χ2v) is 3.88. The molecule has 0 saturated carbocycles. The van der Waals surface area contributed by atoms with E-state index < -0.39 is 11.9 Å². The second kappa shape index (κ2) is 6.02. The van der Waals surface area contributed by atoms with E-state index in [0.29, 0.717) is 0 Å². The van der Waals surface area contributed by atoms with Crippen molar-refractivity contribution in [1.82, 2.24) is 5.32 Å². The van der Waals surface area contributed by atoms with Crippen LogP contribution in [-0.2, 0) is 9.59 Å². The maximum absolute atomic E-state index is 11.4. The normalized spacial score (nSPS) is 14.1. The molecule has 0 aliphatic carbocycles.